The van der Waals surface area contributed by atoms with E-state index in [1.807, 2.05) is 0 Å². The van der Waals surface area contributed by atoms with Gasteiger partial charge in [-0.1, -0.05) is 11.6 Å². The maximum Gasteiger partial charge on any atom is 0.223 e. The van der Waals surface area contributed by atoms with E-state index in [0.29, 0.717) is 17.0 Å². The highest BCUT2D eigenvalue weighted by Gasteiger charge is 2.19. The Balaban J connectivity index is 2.02. The van der Waals surface area contributed by atoms with E-state index in [-0.39, 0.29) is 12.1 Å². The zero-order valence-corrected chi connectivity index (χ0v) is 9.87. The first kappa shape index (κ1) is 11.4. The largest absolute Gasteiger partial charge is 0.378 e. The van der Waals surface area contributed by atoms with Crippen LogP contribution < -0.4 is 11.1 Å². The van der Waals surface area contributed by atoms with Crippen molar-refractivity contribution in [2.45, 2.75) is 31.9 Å². The van der Waals surface area contributed by atoms with E-state index in [1.165, 1.54) is 0 Å². The molecule has 1 saturated heterocycles. The van der Waals surface area contributed by atoms with Crippen molar-refractivity contribution in [3.63, 3.8) is 0 Å². The highest BCUT2D eigenvalue weighted by Crippen LogP contribution is 2.19. The first-order valence-electron chi connectivity index (χ1n) is 5.31. The van der Waals surface area contributed by atoms with Crippen molar-refractivity contribution in [3.05, 3.63) is 11.2 Å². The molecule has 0 spiro atoms. The third-order valence-electron chi connectivity index (χ3n) is 2.55. The third kappa shape index (κ3) is 2.96. The summed E-state index contributed by atoms with van der Waals surface area (Å²) >= 11 is 5.80. The van der Waals surface area contributed by atoms with Gasteiger partial charge in [-0.3, -0.25) is 0 Å². The number of ether oxygens (including phenoxy) is 1. The summed E-state index contributed by atoms with van der Waals surface area (Å²) in [5.74, 6) is 0.867. The molecule has 2 heterocycles. The van der Waals surface area contributed by atoms with Crippen LogP contribution in [-0.4, -0.2) is 28.7 Å². The molecule has 2 atom stereocenters. The van der Waals surface area contributed by atoms with Crippen molar-refractivity contribution < 1.29 is 4.74 Å². The second-order valence-electron chi connectivity index (χ2n) is 3.98. The quantitative estimate of drug-likeness (QED) is 0.773. The number of nitrogen functional groups attached to an aromatic ring is 1. The molecular weight excluding hydrogens is 228 g/mol. The molecule has 0 saturated carbocycles. The summed E-state index contributed by atoms with van der Waals surface area (Å²) in [6.45, 7) is 2.84. The van der Waals surface area contributed by atoms with Crippen LogP contribution in [0.15, 0.2) is 6.07 Å². The normalized spacial score (nSPS) is 25.4. The molecular formula is C10H15ClN4O. The van der Waals surface area contributed by atoms with E-state index in [2.05, 4.69) is 22.2 Å². The Morgan fingerprint density at radius 2 is 2.38 bits per heavy atom. The number of anilines is 2. The molecule has 16 heavy (non-hydrogen) atoms. The van der Waals surface area contributed by atoms with Gasteiger partial charge in [0, 0.05) is 18.7 Å². The van der Waals surface area contributed by atoms with Gasteiger partial charge in [-0.2, -0.15) is 4.98 Å². The summed E-state index contributed by atoms with van der Waals surface area (Å²) in [7, 11) is 0. The Morgan fingerprint density at radius 3 is 3.06 bits per heavy atom. The molecule has 1 aliphatic rings. The van der Waals surface area contributed by atoms with Gasteiger partial charge in [-0.05, 0) is 19.8 Å². The minimum Gasteiger partial charge on any atom is -0.378 e. The van der Waals surface area contributed by atoms with Gasteiger partial charge in [0.2, 0.25) is 5.95 Å². The second kappa shape index (κ2) is 4.84. The van der Waals surface area contributed by atoms with Crippen LogP contribution in [0.1, 0.15) is 19.8 Å². The topological polar surface area (TPSA) is 73.1 Å². The highest BCUT2D eigenvalue weighted by molar-refractivity contribution is 6.29. The molecule has 0 amide bonds. The number of rotatable bonds is 2. The Bertz CT molecular complexity index is 354. The fourth-order valence-electron chi connectivity index (χ4n) is 1.85. The summed E-state index contributed by atoms with van der Waals surface area (Å²) in [6.07, 6.45) is 2.20. The Hall–Kier alpha value is -1.07. The van der Waals surface area contributed by atoms with E-state index in [0.717, 1.165) is 19.4 Å². The molecule has 1 fully saturated rings. The monoisotopic (exact) mass is 242 g/mol. The van der Waals surface area contributed by atoms with Crippen LogP contribution in [0.2, 0.25) is 5.15 Å². The van der Waals surface area contributed by atoms with Crippen molar-refractivity contribution >= 4 is 23.4 Å². The lowest BCUT2D eigenvalue weighted by Gasteiger charge is -2.28. The molecule has 0 bridgehead atoms. The molecule has 3 N–H and O–H groups in total. The van der Waals surface area contributed by atoms with Crippen LogP contribution in [0.3, 0.4) is 0 Å². The number of nitrogens with two attached hydrogens (primary N) is 1. The predicted molar refractivity (Wildman–Crippen MR) is 63.5 cm³/mol. The summed E-state index contributed by atoms with van der Waals surface area (Å²) in [5.41, 5.74) is 5.52. The smallest absolute Gasteiger partial charge is 0.223 e. The zero-order chi connectivity index (χ0) is 11.5. The standard InChI is InChI=1S/C10H15ClN4O/c1-6-4-7(2-3-16-6)13-9-5-8(11)14-10(12)15-9/h5-7H,2-4H2,1H3,(H3,12,13,14,15). The average molecular weight is 243 g/mol. The van der Waals surface area contributed by atoms with Gasteiger partial charge < -0.3 is 15.8 Å². The second-order valence-corrected chi connectivity index (χ2v) is 4.37. The molecule has 5 nitrogen and oxygen atoms in total. The third-order valence-corrected chi connectivity index (χ3v) is 2.74. The zero-order valence-electron chi connectivity index (χ0n) is 9.11. The minimum absolute atomic E-state index is 0.190. The van der Waals surface area contributed by atoms with Crippen LogP contribution in [0, 0.1) is 0 Å². The lowest BCUT2D eigenvalue weighted by atomic mass is 10.0. The van der Waals surface area contributed by atoms with Crippen LogP contribution >= 0.6 is 11.6 Å². The Labute approximate surface area is 99.4 Å². The van der Waals surface area contributed by atoms with Crippen molar-refractivity contribution in [3.8, 4) is 0 Å². The Morgan fingerprint density at radius 1 is 1.56 bits per heavy atom. The van der Waals surface area contributed by atoms with Crippen molar-refractivity contribution in [1.82, 2.24) is 9.97 Å². The van der Waals surface area contributed by atoms with Crippen molar-refractivity contribution in [1.29, 1.82) is 0 Å². The summed E-state index contributed by atoms with van der Waals surface area (Å²) < 4.78 is 5.47. The van der Waals surface area contributed by atoms with E-state index >= 15 is 0 Å². The van der Waals surface area contributed by atoms with E-state index in [4.69, 9.17) is 22.1 Å². The molecule has 2 unspecified atom stereocenters. The van der Waals surface area contributed by atoms with Crippen LogP contribution in [0.4, 0.5) is 11.8 Å². The lowest BCUT2D eigenvalue weighted by molar-refractivity contribution is 0.0232. The molecule has 88 valence electrons. The summed E-state index contributed by atoms with van der Waals surface area (Å²) in [5, 5.41) is 3.65. The predicted octanol–water partition coefficient (Wildman–Crippen LogP) is 1.69. The summed E-state index contributed by atoms with van der Waals surface area (Å²) in [4.78, 5) is 7.89. The molecule has 0 aliphatic carbocycles. The molecule has 0 aromatic carbocycles. The fourth-order valence-corrected chi connectivity index (χ4v) is 2.04. The van der Waals surface area contributed by atoms with Crippen molar-refractivity contribution in [2.75, 3.05) is 17.7 Å². The number of nitrogens with one attached hydrogen (secondary N) is 1. The molecule has 1 aliphatic heterocycles. The average Bonchev–Trinajstić information content (AvgIpc) is 2.15. The van der Waals surface area contributed by atoms with Crippen molar-refractivity contribution in [2.24, 2.45) is 0 Å². The van der Waals surface area contributed by atoms with Gasteiger partial charge in [0.25, 0.3) is 0 Å². The van der Waals surface area contributed by atoms with E-state index in [9.17, 15) is 0 Å². The molecule has 6 heteroatoms. The maximum absolute atomic E-state index is 5.80. The lowest BCUT2D eigenvalue weighted by Crippen LogP contribution is -2.32. The molecule has 1 aromatic rings. The highest BCUT2D eigenvalue weighted by atomic mass is 35.5. The fraction of sp³-hybridized carbons (Fsp3) is 0.600. The first-order valence-corrected chi connectivity index (χ1v) is 5.69. The van der Waals surface area contributed by atoms with Crippen LogP contribution in [-0.2, 0) is 4.74 Å². The van der Waals surface area contributed by atoms with E-state index in [1.54, 1.807) is 6.07 Å². The van der Waals surface area contributed by atoms with Gasteiger partial charge in [0.05, 0.1) is 6.10 Å². The number of aromatic nitrogens is 2. The Kier molecular flexibility index (Phi) is 3.46. The maximum atomic E-state index is 5.80. The summed E-state index contributed by atoms with van der Waals surface area (Å²) in [6, 6.07) is 2.03. The van der Waals surface area contributed by atoms with Gasteiger partial charge in [0.1, 0.15) is 11.0 Å². The van der Waals surface area contributed by atoms with Gasteiger partial charge in [0.15, 0.2) is 0 Å². The minimum atomic E-state index is 0.190. The van der Waals surface area contributed by atoms with Crippen LogP contribution in [0.25, 0.3) is 0 Å². The number of halogens is 1. The molecule has 2 rings (SSSR count). The first-order chi connectivity index (χ1) is 7.63. The van der Waals surface area contributed by atoms with Gasteiger partial charge in [-0.25, -0.2) is 4.98 Å². The number of hydrogen-bond acceptors (Lipinski definition) is 5. The molecule has 0 radical (unpaired) electrons. The number of nitrogens with zero attached hydrogens (tertiary/aromatic N) is 2. The van der Waals surface area contributed by atoms with Gasteiger partial charge in [-0.15, -0.1) is 0 Å². The molecule has 1 aromatic heterocycles. The van der Waals surface area contributed by atoms with Crippen LogP contribution in [0.5, 0.6) is 0 Å². The van der Waals surface area contributed by atoms with Gasteiger partial charge >= 0.3 is 0 Å². The number of hydrogen-bond donors (Lipinski definition) is 2. The van der Waals surface area contributed by atoms with E-state index < -0.39 is 0 Å². The SMILES string of the molecule is CC1CC(Nc2cc(Cl)nc(N)n2)CCO1.